The normalized spacial score (nSPS) is 10.3. The Labute approximate surface area is 98.7 Å². The molecule has 0 spiro atoms. The standard InChI is InChI=1S/C11H6BrFOS/c12-9-6-15-5-8(9)11(14)7-3-1-2-4-10(7)13/h1-6H. The molecule has 0 saturated carbocycles. The summed E-state index contributed by atoms with van der Waals surface area (Å²) in [5.74, 6) is -0.776. The number of benzene rings is 1. The molecule has 0 bridgehead atoms. The van der Waals surface area contributed by atoms with Crippen molar-refractivity contribution in [1.29, 1.82) is 0 Å². The van der Waals surface area contributed by atoms with Crippen molar-refractivity contribution in [2.24, 2.45) is 0 Å². The molecule has 0 aliphatic carbocycles. The maximum Gasteiger partial charge on any atom is 0.197 e. The Morgan fingerprint density at radius 3 is 2.53 bits per heavy atom. The molecule has 2 aromatic rings. The fourth-order valence-electron chi connectivity index (χ4n) is 1.23. The van der Waals surface area contributed by atoms with Crippen LogP contribution >= 0.6 is 27.3 Å². The third-order valence-corrected chi connectivity index (χ3v) is 3.68. The molecule has 0 unspecified atom stereocenters. The van der Waals surface area contributed by atoms with Gasteiger partial charge in [-0.25, -0.2) is 4.39 Å². The lowest BCUT2D eigenvalue weighted by atomic mass is 10.1. The zero-order valence-corrected chi connectivity index (χ0v) is 9.94. The quantitative estimate of drug-likeness (QED) is 0.765. The number of ketones is 1. The molecule has 76 valence electrons. The molecule has 1 nitrogen and oxygen atoms in total. The molecule has 0 saturated heterocycles. The molecule has 15 heavy (non-hydrogen) atoms. The van der Waals surface area contributed by atoms with Crippen LogP contribution in [0.1, 0.15) is 15.9 Å². The van der Waals surface area contributed by atoms with E-state index in [2.05, 4.69) is 15.9 Å². The minimum absolute atomic E-state index is 0.108. The van der Waals surface area contributed by atoms with Gasteiger partial charge in [0, 0.05) is 20.8 Å². The second-order valence-electron chi connectivity index (χ2n) is 2.94. The van der Waals surface area contributed by atoms with E-state index in [9.17, 15) is 9.18 Å². The molecule has 0 aliphatic heterocycles. The van der Waals surface area contributed by atoms with E-state index < -0.39 is 5.82 Å². The average molecular weight is 285 g/mol. The predicted molar refractivity (Wildman–Crippen MR) is 61.9 cm³/mol. The maximum absolute atomic E-state index is 13.3. The van der Waals surface area contributed by atoms with Crippen LogP contribution in [0.5, 0.6) is 0 Å². The lowest BCUT2D eigenvalue weighted by Crippen LogP contribution is -2.03. The summed E-state index contributed by atoms with van der Waals surface area (Å²) >= 11 is 4.66. The van der Waals surface area contributed by atoms with Crippen molar-refractivity contribution in [2.75, 3.05) is 0 Å². The van der Waals surface area contributed by atoms with Gasteiger partial charge in [0.15, 0.2) is 5.78 Å². The second-order valence-corrected chi connectivity index (χ2v) is 4.54. The number of thiophene rings is 1. The van der Waals surface area contributed by atoms with Gasteiger partial charge in [0.25, 0.3) is 0 Å². The highest BCUT2D eigenvalue weighted by atomic mass is 79.9. The van der Waals surface area contributed by atoms with Crippen LogP contribution in [0.3, 0.4) is 0 Å². The minimum Gasteiger partial charge on any atom is -0.288 e. The van der Waals surface area contributed by atoms with Gasteiger partial charge in [-0.1, -0.05) is 12.1 Å². The van der Waals surface area contributed by atoms with Gasteiger partial charge in [-0.15, -0.1) is 0 Å². The topological polar surface area (TPSA) is 17.1 Å². The highest BCUT2D eigenvalue weighted by Gasteiger charge is 2.16. The van der Waals surface area contributed by atoms with E-state index in [0.717, 1.165) is 0 Å². The molecule has 0 atom stereocenters. The molecule has 0 N–H and O–H groups in total. The van der Waals surface area contributed by atoms with Gasteiger partial charge in [0.1, 0.15) is 5.82 Å². The highest BCUT2D eigenvalue weighted by Crippen LogP contribution is 2.24. The number of carbonyl (C=O) groups is 1. The Bertz CT molecular complexity index is 507. The number of halogens is 2. The zero-order valence-electron chi connectivity index (χ0n) is 7.54. The first kappa shape index (κ1) is 10.5. The smallest absolute Gasteiger partial charge is 0.197 e. The predicted octanol–water partition coefficient (Wildman–Crippen LogP) is 3.88. The van der Waals surface area contributed by atoms with Crippen LogP contribution in [0, 0.1) is 5.82 Å². The average Bonchev–Trinajstić information content (AvgIpc) is 2.64. The number of hydrogen-bond acceptors (Lipinski definition) is 2. The SMILES string of the molecule is O=C(c1ccccc1F)c1cscc1Br. The summed E-state index contributed by atoms with van der Waals surface area (Å²) in [6.45, 7) is 0. The molecule has 2 rings (SSSR count). The van der Waals surface area contributed by atoms with Crippen LogP contribution in [-0.4, -0.2) is 5.78 Å². The third-order valence-electron chi connectivity index (χ3n) is 1.98. The zero-order chi connectivity index (χ0) is 10.8. The summed E-state index contributed by atoms with van der Waals surface area (Å²) in [6.07, 6.45) is 0. The van der Waals surface area contributed by atoms with Crippen molar-refractivity contribution in [2.45, 2.75) is 0 Å². The van der Waals surface area contributed by atoms with Crippen molar-refractivity contribution < 1.29 is 9.18 Å². The number of carbonyl (C=O) groups excluding carboxylic acids is 1. The second kappa shape index (κ2) is 4.24. The maximum atomic E-state index is 13.3. The van der Waals surface area contributed by atoms with Crippen molar-refractivity contribution in [3.63, 3.8) is 0 Å². The summed E-state index contributed by atoms with van der Waals surface area (Å²) < 4.78 is 14.0. The summed E-state index contributed by atoms with van der Waals surface area (Å²) in [6, 6.07) is 5.99. The monoisotopic (exact) mass is 284 g/mol. The molecule has 1 aromatic heterocycles. The molecule has 0 amide bonds. The Morgan fingerprint density at radius 1 is 1.20 bits per heavy atom. The molecule has 0 fully saturated rings. The number of rotatable bonds is 2. The summed E-state index contributed by atoms with van der Waals surface area (Å²) in [5, 5.41) is 3.51. The Balaban J connectivity index is 2.46. The molecule has 4 heteroatoms. The van der Waals surface area contributed by atoms with Gasteiger partial charge in [-0.2, -0.15) is 11.3 Å². The lowest BCUT2D eigenvalue weighted by molar-refractivity contribution is 0.103. The van der Waals surface area contributed by atoms with E-state index in [-0.39, 0.29) is 11.3 Å². The van der Waals surface area contributed by atoms with E-state index >= 15 is 0 Å². The van der Waals surface area contributed by atoms with Crippen molar-refractivity contribution in [3.8, 4) is 0 Å². The lowest BCUT2D eigenvalue weighted by Gasteiger charge is -2.00. The fraction of sp³-hybridized carbons (Fsp3) is 0. The van der Waals surface area contributed by atoms with Crippen LogP contribution in [0.15, 0.2) is 39.5 Å². The largest absolute Gasteiger partial charge is 0.288 e. The molecule has 0 radical (unpaired) electrons. The van der Waals surface area contributed by atoms with Crippen molar-refractivity contribution in [3.05, 3.63) is 56.4 Å². The number of hydrogen-bond donors (Lipinski definition) is 0. The van der Waals surface area contributed by atoms with E-state index in [1.54, 1.807) is 22.9 Å². The van der Waals surface area contributed by atoms with Crippen LogP contribution in [0.4, 0.5) is 4.39 Å². The Morgan fingerprint density at radius 2 is 1.93 bits per heavy atom. The first-order valence-electron chi connectivity index (χ1n) is 4.21. The van der Waals surface area contributed by atoms with E-state index in [1.807, 2.05) is 0 Å². The van der Waals surface area contributed by atoms with Crippen LogP contribution in [0.2, 0.25) is 0 Å². The summed E-state index contributed by atoms with van der Waals surface area (Å²) in [5.41, 5.74) is 0.613. The molecular formula is C11H6BrFOS. The third kappa shape index (κ3) is 2.01. The molecule has 0 aliphatic rings. The van der Waals surface area contributed by atoms with Crippen LogP contribution < -0.4 is 0 Å². The van der Waals surface area contributed by atoms with Gasteiger partial charge in [0.05, 0.1) is 5.56 Å². The Kier molecular flexibility index (Phi) is 2.98. The molecular weight excluding hydrogens is 279 g/mol. The first-order chi connectivity index (χ1) is 7.20. The van der Waals surface area contributed by atoms with E-state index in [0.29, 0.717) is 10.0 Å². The highest BCUT2D eigenvalue weighted by molar-refractivity contribution is 9.10. The van der Waals surface area contributed by atoms with Crippen LogP contribution in [-0.2, 0) is 0 Å². The molecule has 1 heterocycles. The molecule has 1 aromatic carbocycles. The van der Waals surface area contributed by atoms with Crippen molar-refractivity contribution >= 4 is 33.0 Å². The minimum atomic E-state index is -0.486. The van der Waals surface area contributed by atoms with Gasteiger partial charge >= 0.3 is 0 Å². The van der Waals surface area contributed by atoms with Gasteiger partial charge in [-0.05, 0) is 28.1 Å². The van der Waals surface area contributed by atoms with E-state index in [4.69, 9.17) is 0 Å². The summed E-state index contributed by atoms with van der Waals surface area (Å²) in [4.78, 5) is 11.9. The first-order valence-corrected chi connectivity index (χ1v) is 5.94. The van der Waals surface area contributed by atoms with E-state index in [1.165, 1.54) is 23.5 Å². The van der Waals surface area contributed by atoms with Gasteiger partial charge in [0.2, 0.25) is 0 Å². The van der Waals surface area contributed by atoms with Crippen molar-refractivity contribution in [1.82, 2.24) is 0 Å². The summed E-state index contributed by atoms with van der Waals surface area (Å²) in [7, 11) is 0. The van der Waals surface area contributed by atoms with Gasteiger partial charge < -0.3 is 0 Å². The van der Waals surface area contributed by atoms with Crippen LogP contribution in [0.25, 0.3) is 0 Å². The van der Waals surface area contributed by atoms with Gasteiger partial charge in [-0.3, -0.25) is 4.79 Å². The fourth-order valence-corrected chi connectivity index (χ4v) is 2.69. The Hall–Kier alpha value is -1.00.